The van der Waals surface area contributed by atoms with Crippen LogP contribution in [0.25, 0.3) is 0 Å². The van der Waals surface area contributed by atoms with Gasteiger partial charge >= 0.3 is 18.2 Å². The Hall–Kier alpha value is -5.03. The van der Waals surface area contributed by atoms with Crippen molar-refractivity contribution in [3.8, 4) is 11.5 Å². The number of alkyl halides is 3. The molecule has 6 rings (SSSR count). The molecule has 0 radical (unpaired) electrons. The lowest BCUT2D eigenvalue weighted by molar-refractivity contribution is -0.151. The largest absolute Gasteiger partial charge is 0.492 e. The Morgan fingerprint density at radius 3 is 2.02 bits per heavy atom. The molecule has 0 aromatic heterocycles. The van der Waals surface area contributed by atoms with Gasteiger partial charge in [-0.3, -0.25) is 4.90 Å². The summed E-state index contributed by atoms with van der Waals surface area (Å²) in [4.78, 5) is 30.6. The van der Waals surface area contributed by atoms with Crippen LogP contribution in [0.3, 0.4) is 0 Å². The van der Waals surface area contributed by atoms with Gasteiger partial charge in [-0.1, -0.05) is 75.4 Å². The van der Waals surface area contributed by atoms with Crippen LogP contribution in [0.2, 0.25) is 0 Å². The molecule has 1 aliphatic heterocycles. The third kappa shape index (κ3) is 9.93. The summed E-state index contributed by atoms with van der Waals surface area (Å²) in [6.07, 6.45) is -5.00. The molecule has 4 aromatic rings. The molecular formula is C43H48F3N3O5. The van der Waals surface area contributed by atoms with Gasteiger partial charge in [0.05, 0.1) is 18.7 Å². The van der Waals surface area contributed by atoms with Crippen LogP contribution in [-0.2, 0) is 34.1 Å². The van der Waals surface area contributed by atoms with Crippen LogP contribution in [0.1, 0.15) is 49.9 Å². The Morgan fingerprint density at radius 1 is 0.815 bits per heavy atom. The highest BCUT2D eigenvalue weighted by atomic mass is 19.4. The predicted molar refractivity (Wildman–Crippen MR) is 201 cm³/mol. The van der Waals surface area contributed by atoms with Crippen molar-refractivity contribution in [3.05, 3.63) is 125 Å². The van der Waals surface area contributed by atoms with Crippen LogP contribution in [0, 0.1) is 11.8 Å². The standard InChI is InChI=1S/C43H48F3N3O5/c1-5-52-40(50)38(54-35-21-15-31(16-22-35)42(2,3)4)25-29-11-19-34(20-12-29)53-24-23-49(41(51)47-33-17-13-32(14-18-33)43(44,45)46)39-36-27-48(28-37(36)39)26-30-9-7-6-8-10-30/h6-22,36-39H,5,23-28H2,1-4H3,(H,47,51)/t36-,37+,38-,39?/m0/s1. The fourth-order valence-corrected chi connectivity index (χ4v) is 7.14. The maximum Gasteiger partial charge on any atom is 0.416 e. The summed E-state index contributed by atoms with van der Waals surface area (Å²) >= 11 is 0. The first-order valence-corrected chi connectivity index (χ1v) is 18.4. The van der Waals surface area contributed by atoms with Crippen LogP contribution < -0.4 is 14.8 Å². The zero-order valence-electron chi connectivity index (χ0n) is 31.1. The number of rotatable bonds is 14. The fourth-order valence-electron chi connectivity index (χ4n) is 7.14. The van der Waals surface area contributed by atoms with Crippen molar-refractivity contribution < 1.29 is 37.0 Å². The van der Waals surface area contributed by atoms with E-state index >= 15 is 0 Å². The molecule has 8 nitrogen and oxygen atoms in total. The number of hydrogen-bond donors (Lipinski definition) is 1. The van der Waals surface area contributed by atoms with Crippen molar-refractivity contribution in [2.45, 2.75) is 64.4 Å². The molecule has 1 unspecified atom stereocenters. The summed E-state index contributed by atoms with van der Waals surface area (Å²) in [5.41, 5.74) is 2.76. The summed E-state index contributed by atoms with van der Waals surface area (Å²) in [6, 6.07) is 29.5. The number of urea groups is 1. The summed E-state index contributed by atoms with van der Waals surface area (Å²) < 4.78 is 56.9. The van der Waals surface area contributed by atoms with Gasteiger partial charge in [-0.2, -0.15) is 13.2 Å². The summed E-state index contributed by atoms with van der Waals surface area (Å²) in [6.45, 7) is 11.5. The van der Waals surface area contributed by atoms with Gasteiger partial charge in [0, 0.05) is 37.8 Å². The number of ether oxygens (including phenoxy) is 3. The minimum atomic E-state index is -4.46. The lowest BCUT2D eigenvalue weighted by atomic mass is 9.87. The van der Waals surface area contributed by atoms with E-state index < -0.39 is 23.8 Å². The van der Waals surface area contributed by atoms with Crippen molar-refractivity contribution in [2.75, 3.05) is 38.2 Å². The number of hydrogen-bond acceptors (Lipinski definition) is 6. The van der Waals surface area contributed by atoms with Crippen molar-refractivity contribution in [3.63, 3.8) is 0 Å². The number of nitrogens with zero attached hydrogens (tertiary/aromatic N) is 2. The maximum atomic E-state index is 13.6. The summed E-state index contributed by atoms with van der Waals surface area (Å²) in [5, 5.41) is 2.80. The van der Waals surface area contributed by atoms with E-state index in [1.54, 1.807) is 11.8 Å². The lowest BCUT2D eigenvalue weighted by Gasteiger charge is -2.28. The molecule has 2 amide bonds. The van der Waals surface area contributed by atoms with Gasteiger partial charge < -0.3 is 24.4 Å². The molecule has 1 heterocycles. The third-order valence-corrected chi connectivity index (χ3v) is 10.1. The number of carbonyl (C=O) groups excluding carboxylic acids is 2. The zero-order valence-corrected chi connectivity index (χ0v) is 31.1. The van der Waals surface area contributed by atoms with Gasteiger partial charge in [0.25, 0.3) is 0 Å². The molecule has 2 aliphatic rings. The first-order chi connectivity index (χ1) is 25.8. The van der Waals surface area contributed by atoms with Crippen LogP contribution >= 0.6 is 0 Å². The number of nitrogens with one attached hydrogen (secondary N) is 1. The van der Waals surface area contributed by atoms with E-state index in [0.717, 1.165) is 42.9 Å². The monoisotopic (exact) mass is 743 g/mol. The Kier molecular flexibility index (Phi) is 11.9. The van der Waals surface area contributed by atoms with Gasteiger partial charge in [0.2, 0.25) is 0 Å². The highest BCUT2D eigenvalue weighted by molar-refractivity contribution is 5.90. The normalized spacial score (nSPS) is 18.7. The Labute approximate surface area is 315 Å². The number of anilines is 1. The highest BCUT2D eigenvalue weighted by Gasteiger charge is 2.59. The first kappa shape index (κ1) is 38.7. The average molecular weight is 744 g/mol. The smallest absolute Gasteiger partial charge is 0.416 e. The molecule has 1 aliphatic carbocycles. The van der Waals surface area contributed by atoms with E-state index in [0.29, 0.717) is 29.8 Å². The molecule has 1 saturated heterocycles. The molecule has 4 atom stereocenters. The molecule has 286 valence electrons. The summed E-state index contributed by atoms with van der Waals surface area (Å²) in [5.74, 6) is 1.34. The second-order valence-electron chi connectivity index (χ2n) is 15.0. The van der Waals surface area contributed by atoms with Crippen molar-refractivity contribution in [1.82, 2.24) is 9.80 Å². The van der Waals surface area contributed by atoms with E-state index in [9.17, 15) is 22.8 Å². The van der Waals surface area contributed by atoms with Crippen LogP contribution in [0.4, 0.5) is 23.7 Å². The lowest BCUT2D eigenvalue weighted by Crippen LogP contribution is -2.43. The Bertz CT molecular complexity index is 1830. The van der Waals surface area contributed by atoms with Crippen LogP contribution in [0.5, 0.6) is 11.5 Å². The molecule has 2 fully saturated rings. The molecule has 0 bridgehead atoms. The number of amides is 2. The summed E-state index contributed by atoms with van der Waals surface area (Å²) in [7, 11) is 0. The number of halogens is 3. The fraction of sp³-hybridized carbons (Fsp3) is 0.395. The minimum Gasteiger partial charge on any atom is -0.492 e. The van der Waals surface area contributed by atoms with E-state index in [-0.39, 0.29) is 42.9 Å². The maximum absolute atomic E-state index is 13.6. The zero-order chi connectivity index (χ0) is 38.5. The van der Waals surface area contributed by atoms with Crippen LogP contribution in [-0.4, -0.2) is 66.8 Å². The van der Waals surface area contributed by atoms with Gasteiger partial charge in [0.1, 0.15) is 18.1 Å². The number of likely N-dealkylation sites (tertiary alicyclic amines) is 1. The van der Waals surface area contributed by atoms with Crippen molar-refractivity contribution >= 4 is 17.7 Å². The van der Waals surface area contributed by atoms with E-state index in [4.69, 9.17) is 14.2 Å². The van der Waals surface area contributed by atoms with Crippen molar-refractivity contribution in [2.24, 2.45) is 11.8 Å². The Morgan fingerprint density at radius 2 is 1.43 bits per heavy atom. The van der Waals surface area contributed by atoms with Crippen LogP contribution in [0.15, 0.2) is 103 Å². The minimum absolute atomic E-state index is 0.00178. The quantitative estimate of drug-likeness (QED) is 0.130. The molecule has 1 saturated carbocycles. The number of esters is 1. The second-order valence-corrected chi connectivity index (χ2v) is 15.0. The molecular weight excluding hydrogens is 695 g/mol. The predicted octanol–water partition coefficient (Wildman–Crippen LogP) is 8.60. The van der Waals surface area contributed by atoms with Gasteiger partial charge in [-0.05, 0) is 89.4 Å². The molecule has 1 N–H and O–H groups in total. The van der Waals surface area contributed by atoms with E-state index in [1.807, 2.05) is 66.7 Å². The molecule has 54 heavy (non-hydrogen) atoms. The van der Waals surface area contributed by atoms with Gasteiger partial charge in [0.15, 0.2) is 6.10 Å². The van der Waals surface area contributed by atoms with Gasteiger partial charge in [-0.15, -0.1) is 0 Å². The Balaban J connectivity index is 1.07. The van der Waals surface area contributed by atoms with E-state index in [1.165, 1.54) is 17.7 Å². The van der Waals surface area contributed by atoms with Crippen molar-refractivity contribution in [1.29, 1.82) is 0 Å². The number of benzene rings is 4. The number of piperidine rings is 1. The topological polar surface area (TPSA) is 80.3 Å². The number of carbonyl (C=O) groups is 2. The second kappa shape index (κ2) is 16.5. The number of fused-ring (bicyclic) bond motifs is 1. The molecule has 4 aromatic carbocycles. The SMILES string of the molecule is CCOC(=O)[C@H](Cc1ccc(OCCN(C(=O)Nc2ccc(C(F)(F)F)cc2)C2[C@H]3CN(Cc4ccccc4)C[C@@H]23)cc1)Oc1ccc(C(C)(C)C)cc1. The van der Waals surface area contributed by atoms with Gasteiger partial charge in [-0.25, -0.2) is 9.59 Å². The van der Waals surface area contributed by atoms with E-state index in [2.05, 4.69) is 43.1 Å². The first-order valence-electron chi connectivity index (χ1n) is 18.4. The average Bonchev–Trinajstić information content (AvgIpc) is 3.62. The third-order valence-electron chi connectivity index (χ3n) is 10.1. The highest BCUT2D eigenvalue weighted by Crippen LogP contribution is 2.49. The molecule has 11 heteroatoms. The molecule has 0 spiro atoms.